The molecule has 1 rings (SSSR count). The fourth-order valence-corrected chi connectivity index (χ4v) is 1.12. The molecule has 1 aromatic rings. The fourth-order valence-electron chi connectivity index (χ4n) is 1.12. The van der Waals surface area contributed by atoms with Crippen molar-refractivity contribution in [3.05, 3.63) is 23.8 Å². The number of carbonyl (C=O) groups excluding carboxylic acids is 1. The number of rotatable bonds is 3. The first kappa shape index (κ1) is 10.5. The number of aryl methyl sites for hydroxylation is 1. The maximum absolute atomic E-state index is 10.2. The minimum Gasteiger partial charge on any atom is -0.489 e. The molecule has 0 heterocycles. The first-order valence-electron chi connectivity index (χ1n) is 4.48. The van der Waals surface area contributed by atoms with Crippen molar-refractivity contribution in [1.82, 2.24) is 0 Å². The molecule has 0 saturated heterocycles. The molecule has 0 saturated carbocycles. The topological polar surface area (TPSA) is 38.7 Å². The van der Waals surface area contributed by atoms with E-state index in [9.17, 15) is 4.79 Å². The van der Waals surface area contributed by atoms with Crippen molar-refractivity contribution in [2.45, 2.75) is 26.9 Å². The van der Waals surface area contributed by atoms with Gasteiger partial charge in [0.25, 0.3) is 0 Å². The maximum atomic E-state index is 10.2. The third-order valence-corrected chi connectivity index (χ3v) is 1.64. The summed E-state index contributed by atoms with van der Waals surface area (Å²) in [6, 6.07) is 5.52. The van der Waals surface area contributed by atoms with Gasteiger partial charge >= 0.3 is 0 Å². The Morgan fingerprint density at radius 1 is 1.43 bits per heavy atom. The molecule has 14 heavy (non-hydrogen) atoms. The Balaban J connectivity index is 3.07. The summed E-state index contributed by atoms with van der Waals surface area (Å²) in [5.74, 6) is 0.619. The minimum atomic E-state index is 0.0679. The highest BCUT2D eigenvalue weighted by Crippen LogP contribution is 2.28. The van der Waals surface area contributed by atoms with E-state index in [-0.39, 0.29) is 6.10 Å². The van der Waals surface area contributed by atoms with Crippen LogP contribution < -0.4 is 4.74 Å². The summed E-state index contributed by atoms with van der Waals surface area (Å²) in [6.45, 7) is 5.78. The number of hydrogen-bond donors (Lipinski definition) is 0. The zero-order valence-corrected chi connectivity index (χ0v) is 8.57. The van der Waals surface area contributed by atoms with Crippen molar-refractivity contribution in [3.63, 3.8) is 0 Å². The lowest BCUT2D eigenvalue weighted by Gasteiger charge is -2.11. The van der Waals surface area contributed by atoms with Crippen molar-refractivity contribution in [2.75, 3.05) is 0 Å². The van der Waals surface area contributed by atoms with E-state index in [1.54, 1.807) is 6.07 Å². The van der Waals surface area contributed by atoms with E-state index >= 15 is 0 Å². The third kappa shape index (κ3) is 2.71. The van der Waals surface area contributed by atoms with Crippen LogP contribution in [-0.4, -0.2) is 12.2 Å². The van der Waals surface area contributed by atoms with Gasteiger partial charge in [0.1, 0.15) is 11.4 Å². The molecule has 0 aliphatic heterocycles. The highest BCUT2D eigenvalue weighted by molar-refractivity contribution is 5.58. The van der Waals surface area contributed by atoms with Crippen LogP contribution in [0, 0.1) is 6.92 Å². The largest absolute Gasteiger partial charge is 0.489 e. The van der Waals surface area contributed by atoms with Crippen LogP contribution in [0.4, 0.5) is 5.69 Å². The first-order chi connectivity index (χ1) is 6.63. The van der Waals surface area contributed by atoms with Crippen LogP contribution in [0.1, 0.15) is 19.4 Å². The number of isocyanates is 1. The van der Waals surface area contributed by atoms with Gasteiger partial charge < -0.3 is 4.74 Å². The molecule has 0 atom stereocenters. The molecule has 0 spiro atoms. The monoisotopic (exact) mass is 191 g/mol. The van der Waals surface area contributed by atoms with Crippen LogP contribution in [0.5, 0.6) is 5.75 Å². The predicted octanol–water partition coefficient (Wildman–Crippen LogP) is 2.75. The van der Waals surface area contributed by atoms with Gasteiger partial charge in [0.05, 0.1) is 6.10 Å². The molecule has 3 heteroatoms. The highest BCUT2D eigenvalue weighted by atomic mass is 16.5. The summed E-state index contributed by atoms with van der Waals surface area (Å²) < 4.78 is 5.48. The molecule has 0 aromatic heterocycles. The van der Waals surface area contributed by atoms with Gasteiger partial charge in [-0.25, -0.2) is 4.79 Å². The van der Waals surface area contributed by atoms with E-state index in [1.165, 1.54) is 6.08 Å². The fraction of sp³-hybridized carbons (Fsp3) is 0.364. The Kier molecular flexibility index (Phi) is 3.43. The zero-order valence-electron chi connectivity index (χ0n) is 8.57. The second kappa shape index (κ2) is 4.58. The Labute approximate surface area is 83.4 Å². The number of ether oxygens (including phenoxy) is 1. The van der Waals surface area contributed by atoms with Gasteiger partial charge in [0, 0.05) is 0 Å². The van der Waals surface area contributed by atoms with E-state index in [4.69, 9.17) is 4.74 Å². The molecule has 0 radical (unpaired) electrons. The van der Waals surface area contributed by atoms with Crippen molar-refractivity contribution in [1.29, 1.82) is 0 Å². The van der Waals surface area contributed by atoms with Crippen LogP contribution >= 0.6 is 0 Å². The molecule has 0 aliphatic rings. The van der Waals surface area contributed by atoms with Crippen LogP contribution in [0.25, 0.3) is 0 Å². The van der Waals surface area contributed by atoms with E-state index in [0.29, 0.717) is 11.4 Å². The highest BCUT2D eigenvalue weighted by Gasteiger charge is 2.04. The summed E-state index contributed by atoms with van der Waals surface area (Å²) in [5, 5.41) is 0. The molecule has 74 valence electrons. The second-order valence-corrected chi connectivity index (χ2v) is 3.34. The van der Waals surface area contributed by atoms with Crippen LogP contribution in [0.3, 0.4) is 0 Å². The summed E-state index contributed by atoms with van der Waals surface area (Å²) in [6.07, 6.45) is 1.59. The molecule has 0 aliphatic carbocycles. The summed E-state index contributed by atoms with van der Waals surface area (Å²) in [5.41, 5.74) is 1.57. The van der Waals surface area contributed by atoms with Crippen LogP contribution in [0.15, 0.2) is 23.2 Å². The molecule has 0 amide bonds. The van der Waals surface area contributed by atoms with Crippen molar-refractivity contribution < 1.29 is 9.53 Å². The van der Waals surface area contributed by atoms with Gasteiger partial charge in [-0.05, 0) is 38.5 Å². The van der Waals surface area contributed by atoms with Gasteiger partial charge in [-0.2, -0.15) is 4.99 Å². The molecule has 3 nitrogen and oxygen atoms in total. The lowest BCUT2D eigenvalue weighted by atomic mass is 10.2. The first-order valence-corrected chi connectivity index (χ1v) is 4.48. The molecule has 0 fully saturated rings. The smallest absolute Gasteiger partial charge is 0.240 e. The zero-order chi connectivity index (χ0) is 10.6. The van der Waals surface area contributed by atoms with Gasteiger partial charge in [-0.1, -0.05) is 6.07 Å². The quantitative estimate of drug-likeness (QED) is 0.544. The van der Waals surface area contributed by atoms with Gasteiger partial charge in [-0.15, -0.1) is 0 Å². The standard InChI is InChI=1S/C11H13NO2/c1-8(2)14-11-5-4-9(3)6-10(11)12-7-13/h4-6,8H,1-3H3. The Bertz CT molecular complexity index is 366. The van der Waals surface area contributed by atoms with Crippen molar-refractivity contribution in [2.24, 2.45) is 4.99 Å². The summed E-state index contributed by atoms with van der Waals surface area (Å²) >= 11 is 0. The average molecular weight is 191 g/mol. The van der Waals surface area contributed by atoms with Crippen molar-refractivity contribution >= 4 is 11.8 Å². The maximum Gasteiger partial charge on any atom is 0.240 e. The normalized spacial score (nSPS) is 9.71. The number of aliphatic imine (C=N–C) groups is 1. The lowest BCUT2D eigenvalue weighted by molar-refractivity contribution is 0.243. The van der Waals surface area contributed by atoms with Crippen LogP contribution in [-0.2, 0) is 4.79 Å². The van der Waals surface area contributed by atoms with Gasteiger partial charge in [0.2, 0.25) is 6.08 Å². The molecular weight excluding hydrogens is 178 g/mol. The number of benzene rings is 1. The van der Waals surface area contributed by atoms with E-state index in [0.717, 1.165) is 5.56 Å². The molecule has 1 aromatic carbocycles. The molecule has 0 unspecified atom stereocenters. The van der Waals surface area contributed by atoms with E-state index in [1.807, 2.05) is 32.9 Å². The average Bonchev–Trinajstić information content (AvgIpc) is 2.09. The van der Waals surface area contributed by atoms with Gasteiger partial charge in [-0.3, -0.25) is 0 Å². The van der Waals surface area contributed by atoms with E-state index < -0.39 is 0 Å². The number of nitrogens with zero attached hydrogens (tertiary/aromatic N) is 1. The molecule has 0 bridgehead atoms. The van der Waals surface area contributed by atoms with Crippen LogP contribution in [0.2, 0.25) is 0 Å². The van der Waals surface area contributed by atoms with E-state index in [2.05, 4.69) is 4.99 Å². The Morgan fingerprint density at radius 3 is 2.71 bits per heavy atom. The van der Waals surface area contributed by atoms with Crippen molar-refractivity contribution in [3.8, 4) is 5.75 Å². The van der Waals surface area contributed by atoms with Gasteiger partial charge in [0.15, 0.2) is 0 Å². The Hall–Kier alpha value is -1.60. The summed E-state index contributed by atoms with van der Waals surface area (Å²) in [4.78, 5) is 13.8. The number of hydrogen-bond acceptors (Lipinski definition) is 3. The predicted molar refractivity (Wildman–Crippen MR) is 54.7 cm³/mol. The second-order valence-electron chi connectivity index (χ2n) is 3.34. The molecule has 0 N–H and O–H groups in total. The third-order valence-electron chi connectivity index (χ3n) is 1.64. The molecular formula is C11H13NO2. The Morgan fingerprint density at radius 2 is 2.14 bits per heavy atom. The summed E-state index contributed by atoms with van der Waals surface area (Å²) in [7, 11) is 0. The SMILES string of the molecule is Cc1ccc(OC(C)C)c(N=C=O)c1. The minimum absolute atomic E-state index is 0.0679. The lowest BCUT2D eigenvalue weighted by Crippen LogP contribution is -2.05.